The lowest BCUT2D eigenvalue weighted by Crippen LogP contribution is -2.28. The fraction of sp³-hybridized carbons (Fsp3) is 0.267. The molecule has 0 saturated heterocycles. The van der Waals surface area contributed by atoms with E-state index in [1.54, 1.807) is 24.9 Å². The first-order chi connectivity index (χ1) is 9.54. The summed E-state index contributed by atoms with van der Waals surface area (Å²) < 4.78 is 0. The summed E-state index contributed by atoms with van der Waals surface area (Å²) in [6, 6.07) is 9.36. The van der Waals surface area contributed by atoms with Gasteiger partial charge in [-0.1, -0.05) is 18.2 Å². The summed E-state index contributed by atoms with van der Waals surface area (Å²) in [6.45, 7) is 3.99. The summed E-state index contributed by atoms with van der Waals surface area (Å²) in [6.07, 6.45) is 0. The summed E-state index contributed by atoms with van der Waals surface area (Å²) in [4.78, 5) is 14.2. The van der Waals surface area contributed by atoms with Crippen molar-refractivity contribution in [2.24, 2.45) is 5.73 Å². The zero-order valence-corrected chi connectivity index (χ0v) is 11.9. The Hall–Kier alpha value is -2.27. The summed E-state index contributed by atoms with van der Waals surface area (Å²) in [5, 5.41) is 7.94. The first kappa shape index (κ1) is 14.1. The molecule has 0 aliphatic carbocycles. The van der Waals surface area contributed by atoms with Gasteiger partial charge in [0.1, 0.15) is 0 Å². The standard InChI is InChI=1S/C15H18N4O/c1-10-8-13(11(2)18-17-10)15(20)19(3)14-7-5-4-6-12(14)9-16/h4-8H,9,16H2,1-3H3. The fourth-order valence-electron chi connectivity index (χ4n) is 2.07. The number of aryl methyl sites for hydroxylation is 2. The van der Waals surface area contributed by atoms with Crippen molar-refractivity contribution in [2.75, 3.05) is 11.9 Å². The highest BCUT2D eigenvalue weighted by molar-refractivity contribution is 6.06. The van der Waals surface area contributed by atoms with Gasteiger partial charge in [-0.05, 0) is 31.5 Å². The number of amides is 1. The van der Waals surface area contributed by atoms with Crippen molar-refractivity contribution < 1.29 is 4.79 Å². The van der Waals surface area contributed by atoms with Crippen LogP contribution in [0.4, 0.5) is 5.69 Å². The number of para-hydroxylation sites is 1. The average molecular weight is 270 g/mol. The fourth-order valence-corrected chi connectivity index (χ4v) is 2.07. The first-order valence-electron chi connectivity index (χ1n) is 6.41. The molecule has 104 valence electrons. The minimum atomic E-state index is -0.110. The van der Waals surface area contributed by atoms with Crippen LogP contribution in [0.2, 0.25) is 0 Å². The monoisotopic (exact) mass is 270 g/mol. The summed E-state index contributed by atoms with van der Waals surface area (Å²) in [5.74, 6) is -0.110. The molecule has 0 spiro atoms. The van der Waals surface area contributed by atoms with Crippen LogP contribution in [0.15, 0.2) is 30.3 Å². The molecule has 0 bridgehead atoms. The van der Waals surface area contributed by atoms with Crippen molar-refractivity contribution in [2.45, 2.75) is 20.4 Å². The van der Waals surface area contributed by atoms with Crippen LogP contribution in [0.3, 0.4) is 0 Å². The maximum absolute atomic E-state index is 12.6. The van der Waals surface area contributed by atoms with Crippen molar-refractivity contribution in [3.05, 3.63) is 52.8 Å². The third-order valence-corrected chi connectivity index (χ3v) is 3.21. The quantitative estimate of drug-likeness (QED) is 0.923. The smallest absolute Gasteiger partial charge is 0.259 e. The summed E-state index contributed by atoms with van der Waals surface area (Å²) >= 11 is 0. The predicted molar refractivity (Wildman–Crippen MR) is 78.6 cm³/mol. The molecule has 20 heavy (non-hydrogen) atoms. The zero-order valence-electron chi connectivity index (χ0n) is 11.9. The molecule has 5 nitrogen and oxygen atoms in total. The minimum Gasteiger partial charge on any atom is -0.326 e. The molecule has 1 heterocycles. The van der Waals surface area contributed by atoms with E-state index < -0.39 is 0 Å². The molecule has 1 aromatic heterocycles. The van der Waals surface area contributed by atoms with E-state index >= 15 is 0 Å². The number of carbonyl (C=O) groups is 1. The van der Waals surface area contributed by atoms with E-state index in [0.717, 1.165) is 16.9 Å². The van der Waals surface area contributed by atoms with Gasteiger partial charge in [-0.15, -0.1) is 0 Å². The number of benzene rings is 1. The predicted octanol–water partition coefficient (Wildman–Crippen LogP) is 1.83. The van der Waals surface area contributed by atoms with Crippen LogP contribution in [-0.4, -0.2) is 23.2 Å². The molecule has 2 N–H and O–H groups in total. The van der Waals surface area contributed by atoms with Gasteiger partial charge in [-0.25, -0.2) is 0 Å². The molecule has 0 radical (unpaired) electrons. The van der Waals surface area contributed by atoms with Crippen molar-refractivity contribution in [1.82, 2.24) is 10.2 Å². The van der Waals surface area contributed by atoms with Gasteiger partial charge in [0.2, 0.25) is 0 Å². The van der Waals surface area contributed by atoms with E-state index in [1.165, 1.54) is 0 Å². The van der Waals surface area contributed by atoms with E-state index in [9.17, 15) is 4.79 Å². The van der Waals surface area contributed by atoms with Crippen molar-refractivity contribution >= 4 is 11.6 Å². The lowest BCUT2D eigenvalue weighted by Gasteiger charge is -2.21. The van der Waals surface area contributed by atoms with Crippen LogP contribution in [0.25, 0.3) is 0 Å². The second kappa shape index (κ2) is 5.79. The highest BCUT2D eigenvalue weighted by Crippen LogP contribution is 2.21. The molecule has 1 amide bonds. The molecular formula is C15H18N4O. The van der Waals surface area contributed by atoms with E-state index in [1.807, 2.05) is 31.2 Å². The SMILES string of the molecule is Cc1cc(C(=O)N(C)c2ccccc2CN)c(C)nn1. The normalized spacial score (nSPS) is 10.4. The van der Waals surface area contributed by atoms with Gasteiger partial charge in [0, 0.05) is 19.3 Å². The van der Waals surface area contributed by atoms with E-state index in [0.29, 0.717) is 17.8 Å². The van der Waals surface area contributed by atoms with Crippen LogP contribution in [-0.2, 0) is 6.54 Å². The van der Waals surface area contributed by atoms with Gasteiger partial charge < -0.3 is 10.6 Å². The Bertz CT molecular complexity index is 640. The van der Waals surface area contributed by atoms with Crippen molar-refractivity contribution in [3.8, 4) is 0 Å². The van der Waals surface area contributed by atoms with E-state index in [4.69, 9.17) is 5.73 Å². The average Bonchev–Trinajstić information content (AvgIpc) is 2.48. The molecule has 0 atom stereocenters. The number of anilines is 1. The Morgan fingerprint density at radius 3 is 2.65 bits per heavy atom. The Labute approximate surface area is 118 Å². The Balaban J connectivity index is 2.40. The number of nitrogens with two attached hydrogens (primary N) is 1. The first-order valence-corrected chi connectivity index (χ1v) is 6.41. The third kappa shape index (κ3) is 2.67. The highest BCUT2D eigenvalue weighted by Gasteiger charge is 2.18. The van der Waals surface area contributed by atoms with Crippen LogP contribution in [0.1, 0.15) is 27.3 Å². The molecule has 0 unspecified atom stereocenters. The second-order valence-corrected chi connectivity index (χ2v) is 4.68. The van der Waals surface area contributed by atoms with Crippen molar-refractivity contribution in [1.29, 1.82) is 0 Å². The number of carbonyl (C=O) groups excluding carboxylic acids is 1. The number of nitrogens with zero attached hydrogens (tertiary/aromatic N) is 3. The second-order valence-electron chi connectivity index (χ2n) is 4.68. The van der Waals surface area contributed by atoms with Gasteiger partial charge >= 0.3 is 0 Å². The topological polar surface area (TPSA) is 72.1 Å². The van der Waals surface area contributed by atoms with Gasteiger partial charge in [0.15, 0.2) is 0 Å². The molecule has 0 aliphatic rings. The molecular weight excluding hydrogens is 252 g/mol. The highest BCUT2D eigenvalue weighted by atomic mass is 16.2. The lowest BCUT2D eigenvalue weighted by atomic mass is 10.1. The Morgan fingerprint density at radius 2 is 1.95 bits per heavy atom. The van der Waals surface area contributed by atoms with Crippen LogP contribution < -0.4 is 10.6 Å². The number of rotatable bonds is 3. The molecule has 2 aromatic rings. The van der Waals surface area contributed by atoms with Gasteiger partial charge in [0.05, 0.1) is 17.0 Å². The Morgan fingerprint density at radius 1 is 1.25 bits per heavy atom. The third-order valence-electron chi connectivity index (χ3n) is 3.21. The van der Waals surface area contributed by atoms with Gasteiger partial charge in [-0.2, -0.15) is 10.2 Å². The summed E-state index contributed by atoms with van der Waals surface area (Å²) in [5.41, 5.74) is 9.37. The number of hydrogen-bond acceptors (Lipinski definition) is 4. The van der Waals surface area contributed by atoms with E-state index in [-0.39, 0.29) is 5.91 Å². The van der Waals surface area contributed by atoms with Crippen molar-refractivity contribution in [3.63, 3.8) is 0 Å². The van der Waals surface area contributed by atoms with Crippen LogP contribution >= 0.6 is 0 Å². The van der Waals surface area contributed by atoms with Crippen LogP contribution in [0.5, 0.6) is 0 Å². The largest absolute Gasteiger partial charge is 0.326 e. The molecule has 2 rings (SSSR count). The molecule has 0 saturated carbocycles. The number of aromatic nitrogens is 2. The summed E-state index contributed by atoms with van der Waals surface area (Å²) in [7, 11) is 1.74. The molecule has 1 aromatic carbocycles. The molecule has 0 aliphatic heterocycles. The lowest BCUT2D eigenvalue weighted by molar-refractivity contribution is 0.0991. The maximum atomic E-state index is 12.6. The maximum Gasteiger partial charge on any atom is 0.259 e. The Kier molecular flexibility index (Phi) is 4.10. The van der Waals surface area contributed by atoms with Gasteiger partial charge in [0.25, 0.3) is 5.91 Å². The number of hydrogen-bond donors (Lipinski definition) is 1. The van der Waals surface area contributed by atoms with Crippen LogP contribution in [0, 0.1) is 13.8 Å². The van der Waals surface area contributed by atoms with Gasteiger partial charge in [-0.3, -0.25) is 4.79 Å². The van der Waals surface area contributed by atoms with E-state index in [2.05, 4.69) is 10.2 Å². The minimum absolute atomic E-state index is 0.110. The molecule has 5 heteroatoms. The zero-order chi connectivity index (χ0) is 14.7. The molecule has 0 fully saturated rings.